The van der Waals surface area contributed by atoms with Crippen molar-refractivity contribution in [2.45, 2.75) is 20.8 Å². The van der Waals surface area contributed by atoms with E-state index in [9.17, 15) is 5.11 Å². The Kier molecular flexibility index (Phi) is 2.23. The van der Waals surface area contributed by atoms with E-state index in [0.29, 0.717) is 5.75 Å². The van der Waals surface area contributed by atoms with Gasteiger partial charge in [0, 0.05) is 0 Å². The van der Waals surface area contributed by atoms with Gasteiger partial charge in [-0.1, -0.05) is 6.07 Å². The molecule has 2 heteroatoms. The molecule has 0 bridgehead atoms. The van der Waals surface area contributed by atoms with Gasteiger partial charge in [0.05, 0.1) is 4.47 Å². The summed E-state index contributed by atoms with van der Waals surface area (Å²) in [4.78, 5) is 0. The summed E-state index contributed by atoms with van der Waals surface area (Å²) >= 11 is 3.31. The van der Waals surface area contributed by atoms with Gasteiger partial charge in [-0.25, -0.2) is 0 Å². The lowest BCUT2D eigenvalue weighted by Gasteiger charge is -2.07. The number of rotatable bonds is 0. The van der Waals surface area contributed by atoms with Crippen LogP contribution in [0.3, 0.4) is 0 Å². The fourth-order valence-electron chi connectivity index (χ4n) is 1.03. The van der Waals surface area contributed by atoms with E-state index in [1.165, 1.54) is 0 Å². The van der Waals surface area contributed by atoms with Crippen molar-refractivity contribution in [3.63, 3.8) is 0 Å². The SMILES string of the molecule is Cc1cc(C)c(Br)c(O)c1C. The normalized spacial score (nSPS) is 10.2. The van der Waals surface area contributed by atoms with E-state index in [4.69, 9.17) is 0 Å². The number of aryl methyl sites for hydroxylation is 2. The monoisotopic (exact) mass is 214 g/mol. The summed E-state index contributed by atoms with van der Waals surface area (Å²) in [5, 5.41) is 9.52. The van der Waals surface area contributed by atoms with Crippen molar-refractivity contribution in [3.05, 3.63) is 27.2 Å². The molecule has 0 amide bonds. The number of phenolic OH excluding ortho intramolecular Hbond substituents is 1. The van der Waals surface area contributed by atoms with E-state index >= 15 is 0 Å². The molecule has 1 aromatic rings. The average molecular weight is 215 g/mol. The van der Waals surface area contributed by atoms with Crippen molar-refractivity contribution in [1.29, 1.82) is 0 Å². The number of phenols is 1. The molecular formula is C9H11BrO. The van der Waals surface area contributed by atoms with E-state index in [1.807, 2.05) is 20.8 Å². The van der Waals surface area contributed by atoms with Crippen molar-refractivity contribution >= 4 is 15.9 Å². The summed E-state index contributed by atoms with van der Waals surface area (Å²) in [7, 11) is 0. The van der Waals surface area contributed by atoms with Crippen molar-refractivity contribution in [1.82, 2.24) is 0 Å². The van der Waals surface area contributed by atoms with Gasteiger partial charge in [0.1, 0.15) is 5.75 Å². The maximum Gasteiger partial charge on any atom is 0.133 e. The molecular weight excluding hydrogens is 204 g/mol. The van der Waals surface area contributed by atoms with Gasteiger partial charge in [-0.3, -0.25) is 0 Å². The lowest BCUT2D eigenvalue weighted by atomic mass is 10.1. The molecule has 1 rings (SSSR count). The molecule has 1 N–H and O–H groups in total. The highest BCUT2D eigenvalue weighted by Crippen LogP contribution is 2.32. The minimum atomic E-state index is 0.363. The first-order valence-corrected chi connectivity index (χ1v) is 4.28. The molecule has 0 heterocycles. The maximum atomic E-state index is 9.52. The molecule has 11 heavy (non-hydrogen) atoms. The third-order valence-electron chi connectivity index (χ3n) is 1.93. The highest BCUT2D eigenvalue weighted by molar-refractivity contribution is 9.10. The molecule has 0 radical (unpaired) electrons. The number of benzene rings is 1. The van der Waals surface area contributed by atoms with Crippen LogP contribution in [0, 0.1) is 20.8 Å². The molecule has 0 aliphatic heterocycles. The van der Waals surface area contributed by atoms with Crippen LogP contribution in [-0.2, 0) is 0 Å². The Bertz CT molecular complexity index is 266. The first kappa shape index (κ1) is 8.60. The van der Waals surface area contributed by atoms with Gasteiger partial charge in [-0.15, -0.1) is 0 Å². The molecule has 0 fully saturated rings. The second-order valence-corrected chi connectivity index (χ2v) is 3.59. The van der Waals surface area contributed by atoms with Crippen LogP contribution in [0.4, 0.5) is 0 Å². The number of hydrogen-bond acceptors (Lipinski definition) is 1. The third kappa shape index (κ3) is 1.41. The van der Waals surface area contributed by atoms with Crippen LogP contribution in [0.5, 0.6) is 5.75 Å². The Morgan fingerprint density at radius 1 is 1.18 bits per heavy atom. The lowest BCUT2D eigenvalue weighted by Crippen LogP contribution is -1.86. The molecule has 0 saturated carbocycles. The van der Waals surface area contributed by atoms with Crippen LogP contribution in [0.25, 0.3) is 0 Å². The van der Waals surface area contributed by atoms with Crippen molar-refractivity contribution in [2.24, 2.45) is 0 Å². The zero-order chi connectivity index (χ0) is 8.59. The first-order chi connectivity index (χ1) is 5.04. The summed E-state index contributed by atoms with van der Waals surface area (Å²) in [6.45, 7) is 5.87. The average Bonchev–Trinajstić information content (AvgIpc) is 1.97. The Morgan fingerprint density at radius 3 is 2.27 bits per heavy atom. The van der Waals surface area contributed by atoms with E-state index in [1.54, 1.807) is 0 Å². The van der Waals surface area contributed by atoms with E-state index in [2.05, 4.69) is 22.0 Å². The largest absolute Gasteiger partial charge is 0.506 e. The molecule has 0 aromatic heterocycles. The topological polar surface area (TPSA) is 20.2 Å². The zero-order valence-corrected chi connectivity index (χ0v) is 8.49. The third-order valence-corrected chi connectivity index (χ3v) is 2.93. The van der Waals surface area contributed by atoms with Crippen LogP contribution in [0.15, 0.2) is 10.5 Å². The first-order valence-electron chi connectivity index (χ1n) is 3.49. The van der Waals surface area contributed by atoms with Crippen molar-refractivity contribution in [2.75, 3.05) is 0 Å². The van der Waals surface area contributed by atoms with Crippen molar-refractivity contribution in [3.8, 4) is 5.75 Å². The summed E-state index contributed by atoms with van der Waals surface area (Å²) in [6, 6.07) is 2.05. The van der Waals surface area contributed by atoms with Crippen LogP contribution in [-0.4, -0.2) is 5.11 Å². The van der Waals surface area contributed by atoms with Gasteiger partial charge in [-0.05, 0) is 53.4 Å². The smallest absolute Gasteiger partial charge is 0.133 e. The number of aromatic hydroxyl groups is 1. The number of halogens is 1. The van der Waals surface area contributed by atoms with E-state index in [0.717, 1.165) is 21.2 Å². The predicted octanol–water partition coefficient (Wildman–Crippen LogP) is 3.08. The summed E-state index contributed by atoms with van der Waals surface area (Å²) in [5.41, 5.74) is 3.15. The fourth-order valence-corrected chi connectivity index (χ4v) is 1.45. The molecule has 0 unspecified atom stereocenters. The van der Waals surface area contributed by atoms with Gasteiger partial charge < -0.3 is 5.11 Å². The van der Waals surface area contributed by atoms with Crippen molar-refractivity contribution < 1.29 is 5.11 Å². The second-order valence-electron chi connectivity index (χ2n) is 2.80. The van der Waals surface area contributed by atoms with Crippen LogP contribution < -0.4 is 0 Å². The zero-order valence-electron chi connectivity index (χ0n) is 6.90. The number of hydrogen-bond donors (Lipinski definition) is 1. The molecule has 1 nitrogen and oxygen atoms in total. The van der Waals surface area contributed by atoms with E-state index in [-0.39, 0.29) is 0 Å². The highest BCUT2D eigenvalue weighted by atomic mass is 79.9. The summed E-state index contributed by atoms with van der Waals surface area (Å²) in [5.74, 6) is 0.363. The van der Waals surface area contributed by atoms with E-state index < -0.39 is 0 Å². The van der Waals surface area contributed by atoms with Gasteiger partial charge in [-0.2, -0.15) is 0 Å². The minimum Gasteiger partial charge on any atom is -0.506 e. The second kappa shape index (κ2) is 2.86. The highest BCUT2D eigenvalue weighted by Gasteiger charge is 2.06. The molecule has 0 spiro atoms. The van der Waals surface area contributed by atoms with Gasteiger partial charge in [0.25, 0.3) is 0 Å². The minimum absolute atomic E-state index is 0.363. The standard InChI is InChI=1S/C9H11BrO/c1-5-4-6(2)8(10)9(11)7(5)3/h4,11H,1-3H3. The Labute approximate surface area is 75.2 Å². The van der Waals surface area contributed by atoms with Crippen LogP contribution >= 0.6 is 15.9 Å². The Morgan fingerprint density at radius 2 is 1.73 bits per heavy atom. The predicted molar refractivity (Wildman–Crippen MR) is 50.0 cm³/mol. The lowest BCUT2D eigenvalue weighted by molar-refractivity contribution is 0.466. The Balaban J connectivity index is 3.46. The van der Waals surface area contributed by atoms with Crippen LogP contribution in [0.2, 0.25) is 0 Å². The maximum absolute atomic E-state index is 9.52. The Hall–Kier alpha value is -0.500. The fraction of sp³-hybridized carbons (Fsp3) is 0.333. The quantitative estimate of drug-likeness (QED) is 0.705. The summed E-state index contributed by atoms with van der Waals surface area (Å²) < 4.78 is 0.806. The van der Waals surface area contributed by atoms with Gasteiger partial charge >= 0.3 is 0 Å². The van der Waals surface area contributed by atoms with Gasteiger partial charge in [0.15, 0.2) is 0 Å². The molecule has 0 aliphatic carbocycles. The molecule has 60 valence electrons. The molecule has 0 saturated heterocycles. The summed E-state index contributed by atoms with van der Waals surface area (Å²) in [6.07, 6.45) is 0. The molecule has 1 aromatic carbocycles. The molecule has 0 aliphatic rings. The van der Waals surface area contributed by atoms with Crippen LogP contribution in [0.1, 0.15) is 16.7 Å². The van der Waals surface area contributed by atoms with Gasteiger partial charge in [0.2, 0.25) is 0 Å². The molecule has 0 atom stereocenters.